The zero-order valence-corrected chi connectivity index (χ0v) is 15.9. The maximum Gasteiger partial charge on any atom is 0.224 e. The molecule has 26 heavy (non-hydrogen) atoms. The van der Waals surface area contributed by atoms with Crippen molar-refractivity contribution in [3.05, 3.63) is 41.4 Å². The molecule has 1 aliphatic carbocycles. The molecule has 9 heteroatoms. The summed E-state index contributed by atoms with van der Waals surface area (Å²) in [5.41, 5.74) is 0.442. The third-order valence-electron chi connectivity index (χ3n) is 4.95. The Balaban J connectivity index is 1.76. The summed E-state index contributed by atoms with van der Waals surface area (Å²) >= 11 is 6.16. The molecule has 138 valence electrons. The van der Waals surface area contributed by atoms with Gasteiger partial charge in [-0.15, -0.1) is 0 Å². The quantitative estimate of drug-likeness (QED) is 0.735. The molecule has 0 radical (unpaired) electrons. The maximum absolute atomic E-state index is 13.2. The van der Waals surface area contributed by atoms with Crippen molar-refractivity contribution in [3.8, 4) is 0 Å². The second kappa shape index (κ2) is 6.44. The minimum atomic E-state index is -3.66. The van der Waals surface area contributed by atoms with Crippen molar-refractivity contribution in [1.82, 2.24) is 15.0 Å². The Hall–Kier alpha value is -1.77. The van der Waals surface area contributed by atoms with E-state index in [0.717, 1.165) is 0 Å². The van der Waals surface area contributed by atoms with Gasteiger partial charge < -0.3 is 9.64 Å². The molecule has 2 aliphatic rings. The van der Waals surface area contributed by atoms with Crippen LogP contribution >= 0.6 is 11.6 Å². The van der Waals surface area contributed by atoms with Gasteiger partial charge in [-0.2, -0.15) is 0 Å². The van der Waals surface area contributed by atoms with Crippen LogP contribution in [0.25, 0.3) is 0 Å². The van der Waals surface area contributed by atoms with Crippen LogP contribution in [0, 0.1) is 0 Å². The fraction of sp³-hybridized carbons (Fsp3) is 0.471. The van der Waals surface area contributed by atoms with Gasteiger partial charge in [-0.25, -0.2) is 23.4 Å². The average Bonchev–Trinajstić information content (AvgIpc) is 3.45. The van der Waals surface area contributed by atoms with Crippen LogP contribution in [-0.2, 0) is 19.3 Å². The number of ether oxygens (including phenoxy) is 1. The van der Waals surface area contributed by atoms with Crippen molar-refractivity contribution in [2.45, 2.75) is 35.6 Å². The molecule has 1 aliphatic heterocycles. The summed E-state index contributed by atoms with van der Waals surface area (Å²) in [7, 11) is -3.66. The Kier molecular flexibility index (Phi) is 4.37. The number of aromatic nitrogens is 3. The molecule has 4 rings (SSSR count). The van der Waals surface area contributed by atoms with Gasteiger partial charge in [0.15, 0.2) is 5.03 Å². The summed E-state index contributed by atoms with van der Waals surface area (Å²) in [4.78, 5) is 14.7. The van der Waals surface area contributed by atoms with Crippen LogP contribution in [0.4, 0.5) is 5.82 Å². The summed E-state index contributed by atoms with van der Waals surface area (Å²) in [6, 6.07) is 6.76. The van der Waals surface area contributed by atoms with Gasteiger partial charge in [-0.05, 0) is 43.5 Å². The Bertz CT molecular complexity index is 919. The lowest BCUT2D eigenvalue weighted by Gasteiger charge is -2.34. The highest BCUT2D eigenvalue weighted by Gasteiger charge is 2.58. The Morgan fingerprint density at radius 3 is 2.77 bits per heavy atom. The number of hydrogen-bond acceptors (Lipinski definition) is 7. The van der Waals surface area contributed by atoms with E-state index in [1.165, 1.54) is 12.3 Å². The van der Waals surface area contributed by atoms with Gasteiger partial charge in [0.25, 0.3) is 0 Å². The van der Waals surface area contributed by atoms with Crippen LogP contribution in [0.3, 0.4) is 0 Å². The van der Waals surface area contributed by atoms with Gasteiger partial charge in [0, 0.05) is 18.8 Å². The van der Waals surface area contributed by atoms with Crippen LogP contribution in [0.1, 0.15) is 25.5 Å². The third-order valence-corrected chi connectivity index (χ3v) is 7.55. The third kappa shape index (κ3) is 2.86. The average molecular weight is 395 g/mol. The summed E-state index contributed by atoms with van der Waals surface area (Å²) < 4.78 is 30.8. The molecule has 1 saturated carbocycles. The normalized spacial score (nSPS) is 22.2. The Morgan fingerprint density at radius 2 is 2.12 bits per heavy atom. The summed E-state index contributed by atoms with van der Waals surface area (Å²) in [6.45, 7) is 3.90. The van der Waals surface area contributed by atoms with E-state index in [4.69, 9.17) is 16.3 Å². The van der Waals surface area contributed by atoms with E-state index < -0.39 is 14.6 Å². The molecule has 3 heterocycles. The highest BCUT2D eigenvalue weighted by molar-refractivity contribution is 7.92. The molecule has 2 aromatic rings. The molecular weight excluding hydrogens is 376 g/mol. The van der Waals surface area contributed by atoms with Crippen molar-refractivity contribution in [1.29, 1.82) is 0 Å². The lowest BCUT2D eigenvalue weighted by molar-refractivity contribution is 0.0985. The first-order valence-electron chi connectivity index (χ1n) is 8.49. The topological polar surface area (TPSA) is 85.3 Å². The van der Waals surface area contributed by atoms with Gasteiger partial charge in [-0.1, -0.05) is 6.07 Å². The fourth-order valence-corrected chi connectivity index (χ4v) is 5.39. The van der Waals surface area contributed by atoms with E-state index in [9.17, 15) is 8.42 Å². The van der Waals surface area contributed by atoms with E-state index in [0.29, 0.717) is 44.1 Å². The highest BCUT2D eigenvalue weighted by Crippen LogP contribution is 2.54. The number of morpholine rings is 1. The van der Waals surface area contributed by atoms with Crippen molar-refractivity contribution < 1.29 is 13.2 Å². The van der Waals surface area contributed by atoms with E-state index in [2.05, 4.69) is 19.9 Å². The Labute approximate surface area is 157 Å². The monoisotopic (exact) mass is 394 g/mol. The van der Waals surface area contributed by atoms with Crippen molar-refractivity contribution >= 4 is 27.3 Å². The highest BCUT2D eigenvalue weighted by atomic mass is 35.5. The molecule has 0 aromatic carbocycles. The molecule has 2 fully saturated rings. The minimum absolute atomic E-state index is 0.0543. The van der Waals surface area contributed by atoms with Crippen LogP contribution in [0.5, 0.6) is 0 Å². The van der Waals surface area contributed by atoms with E-state index >= 15 is 0 Å². The predicted molar refractivity (Wildman–Crippen MR) is 97.0 cm³/mol. The van der Waals surface area contributed by atoms with Crippen LogP contribution < -0.4 is 4.90 Å². The van der Waals surface area contributed by atoms with Gasteiger partial charge in [0.2, 0.25) is 15.1 Å². The Morgan fingerprint density at radius 1 is 1.31 bits per heavy atom. The number of rotatable bonds is 4. The molecule has 1 saturated heterocycles. The maximum atomic E-state index is 13.2. The zero-order chi connectivity index (χ0) is 18.4. The van der Waals surface area contributed by atoms with E-state index in [1.54, 1.807) is 18.2 Å². The number of halogens is 1. The molecular formula is C17H19ClN4O3S. The molecule has 0 bridgehead atoms. The van der Waals surface area contributed by atoms with Gasteiger partial charge in [-0.3, -0.25) is 0 Å². The summed E-state index contributed by atoms with van der Waals surface area (Å²) in [5, 5.41) is 0.118. The SMILES string of the molecule is C[C@H]1COCCN1c1cc(C2(S(=O)(=O)c3ccccn3)CC2)nc(Cl)n1. The van der Waals surface area contributed by atoms with Crippen LogP contribution in [-0.4, -0.2) is 49.2 Å². The zero-order valence-electron chi connectivity index (χ0n) is 14.3. The molecule has 1 atom stereocenters. The lowest BCUT2D eigenvalue weighted by Crippen LogP contribution is -2.44. The van der Waals surface area contributed by atoms with Crippen molar-refractivity contribution in [2.75, 3.05) is 24.7 Å². The molecule has 0 spiro atoms. The number of hydrogen-bond donors (Lipinski definition) is 0. The van der Waals surface area contributed by atoms with Gasteiger partial charge in [0.05, 0.1) is 24.9 Å². The molecule has 0 amide bonds. The number of pyridine rings is 1. The standard InChI is InChI=1S/C17H19ClN4O3S/c1-12-11-25-9-8-22(12)14-10-13(20-16(18)21-14)17(5-6-17)26(23,24)15-4-2-3-7-19-15/h2-4,7,10,12H,5-6,8-9,11H2,1H3/t12-/m0/s1. The first-order chi connectivity index (χ1) is 12.4. The lowest BCUT2D eigenvalue weighted by atomic mass is 10.2. The summed E-state index contributed by atoms with van der Waals surface area (Å²) in [6.07, 6.45) is 2.48. The summed E-state index contributed by atoms with van der Waals surface area (Å²) in [5.74, 6) is 0.637. The van der Waals surface area contributed by atoms with Gasteiger partial charge >= 0.3 is 0 Å². The molecule has 2 aromatic heterocycles. The second-order valence-electron chi connectivity index (χ2n) is 6.66. The number of sulfone groups is 1. The van der Waals surface area contributed by atoms with Crippen molar-refractivity contribution in [2.24, 2.45) is 0 Å². The first kappa shape index (κ1) is 17.6. The molecule has 0 N–H and O–H groups in total. The minimum Gasteiger partial charge on any atom is -0.377 e. The molecule has 7 nitrogen and oxygen atoms in total. The van der Waals surface area contributed by atoms with Gasteiger partial charge in [0.1, 0.15) is 10.6 Å². The van der Waals surface area contributed by atoms with Crippen LogP contribution in [0.15, 0.2) is 35.5 Å². The number of nitrogens with zero attached hydrogens (tertiary/aromatic N) is 4. The van der Waals surface area contributed by atoms with E-state index in [-0.39, 0.29) is 16.4 Å². The smallest absolute Gasteiger partial charge is 0.224 e. The second-order valence-corrected chi connectivity index (χ2v) is 9.21. The molecule has 0 unspecified atom stereocenters. The fourth-order valence-electron chi connectivity index (χ4n) is 3.34. The van der Waals surface area contributed by atoms with E-state index in [1.807, 2.05) is 6.92 Å². The predicted octanol–water partition coefficient (Wildman–Crippen LogP) is 2.21. The van der Waals surface area contributed by atoms with Crippen LogP contribution in [0.2, 0.25) is 5.28 Å². The largest absolute Gasteiger partial charge is 0.377 e. The van der Waals surface area contributed by atoms with Crippen molar-refractivity contribution in [3.63, 3.8) is 0 Å². The number of anilines is 1. The first-order valence-corrected chi connectivity index (χ1v) is 10.4.